The molecule has 26 heavy (non-hydrogen) atoms. The van der Waals surface area contributed by atoms with Gasteiger partial charge in [0, 0.05) is 9.61 Å². The van der Waals surface area contributed by atoms with Crippen LogP contribution in [0.15, 0.2) is 45.5 Å². The van der Waals surface area contributed by atoms with Crippen molar-refractivity contribution in [3.05, 3.63) is 51.1 Å². The van der Waals surface area contributed by atoms with Crippen molar-refractivity contribution in [1.82, 2.24) is 0 Å². The van der Waals surface area contributed by atoms with Crippen molar-refractivity contribution >= 4 is 39.2 Å². The highest BCUT2D eigenvalue weighted by Gasteiger charge is 2.33. The normalized spacial score (nSPS) is 11.4. The van der Waals surface area contributed by atoms with Crippen molar-refractivity contribution in [2.45, 2.75) is 26.4 Å². The molecule has 0 spiro atoms. The number of rotatable bonds is 7. The Morgan fingerprint density at radius 3 is 2.62 bits per heavy atom. The fraction of sp³-hybridized carbons (Fsp3) is 0.278. The third-order valence-corrected chi connectivity index (χ3v) is 5.70. The van der Waals surface area contributed by atoms with Gasteiger partial charge >= 0.3 is 12.1 Å². The van der Waals surface area contributed by atoms with Crippen molar-refractivity contribution in [2.24, 2.45) is 0 Å². The summed E-state index contributed by atoms with van der Waals surface area (Å²) in [7, 11) is 0. The number of halogens is 3. The van der Waals surface area contributed by atoms with E-state index in [1.165, 1.54) is 11.3 Å². The van der Waals surface area contributed by atoms with Gasteiger partial charge in [-0.1, -0.05) is 23.9 Å². The van der Waals surface area contributed by atoms with Gasteiger partial charge in [-0.3, -0.25) is 4.79 Å². The van der Waals surface area contributed by atoms with Crippen LogP contribution in [-0.4, -0.2) is 23.9 Å². The van der Waals surface area contributed by atoms with Crippen LogP contribution in [0.2, 0.25) is 0 Å². The number of benzene rings is 1. The van der Waals surface area contributed by atoms with Gasteiger partial charge in [-0.25, -0.2) is 0 Å². The number of ether oxygens (including phenoxy) is 1. The molecular formula is C18H17F3O3S2. The molecule has 0 unspecified atom stereocenters. The summed E-state index contributed by atoms with van der Waals surface area (Å²) in [4.78, 5) is 10.4. The highest BCUT2D eigenvalue weighted by Crippen LogP contribution is 2.38. The van der Waals surface area contributed by atoms with Gasteiger partial charge < -0.3 is 9.84 Å². The van der Waals surface area contributed by atoms with E-state index < -0.39 is 17.1 Å². The van der Waals surface area contributed by atoms with Gasteiger partial charge in [0.05, 0.1) is 11.3 Å². The second-order valence-corrected chi connectivity index (χ2v) is 7.83. The zero-order chi connectivity index (χ0) is 19.5. The number of carboxylic acids is 1. The molecule has 0 bridgehead atoms. The number of fused-ring (bicyclic) bond motifs is 1. The molecule has 140 valence electrons. The van der Waals surface area contributed by atoms with Gasteiger partial charge in [0.2, 0.25) is 0 Å². The van der Waals surface area contributed by atoms with Crippen LogP contribution in [0.5, 0.6) is 5.75 Å². The Kier molecular flexibility index (Phi) is 6.41. The number of alkyl halides is 3. The Balaban J connectivity index is 2.11. The van der Waals surface area contributed by atoms with Crippen LogP contribution in [0, 0.1) is 0 Å². The molecule has 1 N–H and O–H groups in total. The van der Waals surface area contributed by atoms with Gasteiger partial charge in [-0.05, 0) is 48.4 Å². The molecule has 0 radical (unpaired) electrons. The molecule has 1 aromatic heterocycles. The molecule has 0 aliphatic heterocycles. The van der Waals surface area contributed by atoms with E-state index >= 15 is 0 Å². The molecule has 2 aromatic rings. The summed E-state index contributed by atoms with van der Waals surface area (Å²) < 4.78 is 44.5. The van der Waals surface area contributed by atoms with Crippen molar-refractivity contribution in [3.63, 3.8) is 0 Å². The van der Waals surface area contributed by atoms with E-state index in [2.05, 4.69) is 6.58 Å². The van der Waals surface area contributed by atoms with Gasteiger partial charge in [0.1, 0.15) is 12.4 Å². The molecule has 0 aliphatic carbocycles. The smallest absolute Gasteiger partial charge is 0.422 e. The SMILES string of the molecule is C=C(SC(COc1ccc2c(CC(=O)O)csc2c1)=C(C)C)C(F)(F)F. The van der Waals surface area contributed by atoms with Gasteiger partial charge in [-0.15, -0.1) is 11.3 Å². The van der Waals surface area contributed by atoms with E-state index in [4.69, 9.17) is 9.84 Å². The van der Waals surface area contributed by atoms with E-state index in [1.54, 1.807) is 37.4 Å². The Morgan fingerprint density at radius 2 is 2.04 bits per heavy atom. The summed E-state index contributed by atoms with van der Waals surface area (Å²) in [5, 5.41) is 11.5. The van der Waals surface area contributed by atoms with E-state index in [0.717, 1.165) is 21.2 Å². The highest BCUT2D eigenvalue weighted by atomic mass is 32.2. The van der Waals surface area contributed by atoms with Crippen LogP contribution in [0.25, 0.3) is 10.1 Å². The minimum Gasteiger partial charge on any atom is -0.488 e. The van der Waals surface area contributed by atoms with Crippen LogP contribution >= 0.6 is 23.1 Å². The summed E-state index contributed by atoms with van der Waals surface area (Å²) in [5.74, 6) is -0.390. The van der Waals surface area contributed by atoms with Crippen LogP contribution in [0.1, 0.15) is 19.4 Å². The lowest BCUT2D eigenvalue weighted by Crippen LogP contribution is -2.10. The predicted octanol–water partition coefficient (Wildman–Crippen LogP) is 6.01. The number of aliphatic carboxylic acids is 1. The van der Waals surface area contributed by atoms with Crippen molar-refractivity contribution in [2.75, 3.05) is 6.61 Å². The first-order valence-corrected chi connectivity index (χ1v) is 9.22. The Labute approximate surface area is 157 Å². The van der Waals surface area contributed by atoms with Crippen LogP contribution in [0.3, 0.4) is 0 Å². The summed E-state index contributed by atoms with van der Waals surface area (Å²) in [6.45, 7) is 6.51. The highest BCUT2D eigenvalue weighted by molar-refractivity contribution is 8.06. The summed E-state index contributed by atoms with van der Waals surface area (Å²) in [6, 6.07) is 5.22. The van der Waals surface area contributed by atoms with Gasteiger partial charge in [0.15, 0.2) is 0 Å². The number of hydrogen-bond donors (Lipinski definition) is 1. The molecular weight excluding hydrogens is 385 g/mol. The van der Waals surface area contributed by atoms with Gasteiger partial charge in [0.25, 0.3) is 0 Å². The average molecular weight is 402 g/mol. The monoisotopic (exact) mass is 402 g/mol. The molecule has 1 aromatic carbocycles. The molecule has 8 heteroatoms. The van der Waals surface area contributed by atoms with E-state index in [0.29, 0.717) is 22.4 Å². The molecule has 0 saturated heterocycles. The maximum absolute atomic E-state index is 12.7. The quantitative estimate of drug-likeness (QED) is 0.616. The zero-order valence-corrected chi connectivity index (χ0v) is 15.8. The second-order valence-electron chi connectivity index (χ2n) is 5.72. The Bertz CT molecular complexity index is 862. The van der Waals surface area contributed by atoms with Crippen molar-refractivity contribution in [1.29, 1.82) is 0 Å². The largest absolute Gasteiger partial charge is 0.488 e. The number of hydrogen-bond acceptors (Lipinski definition) is 4. The zero-order valence-electron chi connectivity index (χ0n) is 14.1. The lowest BCUT2D eigenvalue weighted by atomic mass is 10.1. The van der Waals surface area contributed by atoms with Crippen LogP contribution in [-0.2, 0) is 11.2 Å². The lowest BCUT2D eigenvalue weighted by Gasteiger charge is -2.15. The lowest BCUT2D eigenvalue weighted by molar-refractivity contribution is -0.136. The topological polar surface area (TPSA) is 46.5 Å². The molecule has 3 nitrogen and oxygen atoms in total. The first-order valence-electron chi connectivity index (χ1n) is 7.53. The molecule has 0 atom stereocenters. The molecule has 1 heterocycles. The number of thioether (sulfide) groups is 1. The number of thiophene rings is 1. The molecule has 0 saturated carbocycles. The predicted molar refractivity (Wildman–Crippen MR) is 99.8 cm³/mol. The second kappa shape index (κ2) is 8.18. The third kappa shape index (κ3) is 5.28. The van der Waals surface area contributed by atoms with Gasteiger partial charge in [-0.2, -0.15) is 13.2 Å². The maximum atomic E-state index is 12.7. The minimum absolute atomic E-state index is 0.000957. The summed E-state index contributed by atoms with van der Waals surface area (Å²) in [5.41, 5.74) is 1.45. The Hall–Kier alpha value is -1.93. The van der Waals surface area contributed by atoms with E-state index in [9.17, 15) is 18.0 Å². The molecule has 2 rings (SSSR count). The number of carboxylic acid groups (broad SMARTS) is 1. The van der Waals surface area contributed by atoms with Crippen molar-refractivity contribution in [3.8, 4) is 5.75 Å². The molecule has 0 aliphatic rings. The third-order valence-electron chi connectivity index (χ3n) is 3.46. The maximum Gasteiger partial charge on any atom is 0.422 e. The number of allylic oxidation sites excluding steroid dienone is 2. The molecule has 0 amide bonds. The minimum atomic E-state index is -4.46. The van der Waals surface area contributed by atoms with E-state index in [-0.39, 0.29) is 13.0 Å². The number of carbonyl (C=O) groups is 1. The first-order chi connectivity index (χ1) is 12.1. The van der Waals surface area contributed by atoms with Crippen LogP contribution in [0.4, 0.5) is 13.2 Å². The fourth-order valence-corrected chi connectivity index (χ4v) is 3.81. The average Bonchev–Trinajstić information content (AvgIpc) is 2.91. The molecule has 0 fully saturated rings. The summed E-state index contributed by atoms with van der Waals surface area (Å²) in [6.07, 6.45) is -4.51. The van der Waals surface area contributed by atoms with Crippen molar-refractivity contribution < 1.29 is 27.8 Å². The standard InChI is InChI=1S/C18H17F3O3S2/c1-10(2)16(26-11(3)18(19,20)21)8-24-13-4-5-14-12(6-17(22)23)9-25-15(14)7-13/h4-5,7,9H,3,6,8H2,1-2H3,(H,22,23). The first kappa shape index (κ1) is 20.4. The Morgan fingerprint density at radius 1 is 1.35 bits per heavy atom. The van der Waals surface area contributed by atoms with E-state index in [1.807, 2.05) is 0 Å². The van der Waals surface area contributed by atoms with Crippen LogP contribution < -0.4 is 4.74 Å². The summed E-state index contributed by atoms with van der Waals surface area (Å²) >= 11 is 1.97. The fourth-order valence-electron chi connectivity index (χ4n) is 2.08.